The molecule has 33 heavy (non-hydrogen) atoms. The van der Waals surface area contributed by atoms with E-state index in [2.05, 4.69) is 34.3 Å². The number of nitrogens with zero attached hydrogens (tertiary/aromatic N) is 3. The molecule has 0 bridgehead atoms. The molecule has 5 aromatic rings. The molecule has 0 saturated heterocycles. The van der Waals surface area contributed by atoms with Gasteiger partial charge in [0.05, 0.1) is 18.3 Å². The van der Waals surface area contributed by atoms with Gasteiger partial charge in [0.15, 0.2) is 0 Å². The van der Waals surface area contributed by atoms with Crippen molar-refractivity contribution in [3.63, 3.8) is 0 Å². The largest absolute Gasteiger partial charge is 0.460 e. The Labute approximate surface area is 200 Å². The predicted octanol–water partition coefficient (Wildman–Crippen LogP) is 6.29. The van der Waals surface area contributed by atoms with Crippen LogP contribution in [0, 0.1) is 0 Å². The van der Waals surface area contributed by atoms with Crippen LogP contribution in [-0.4, -0.2) is 27.2 Å². The molecule has 0 radical (unpaired) electrons. The summed E-state index contributed by atoms with van der Waals surface area (Å²) >= 11 is 7.58. The number of aromatic nitrogens is 3. The minimum Gasteiger partial charge on any atom is -0.460 e. The van der Waals surface area contributed by atoms with E-state index in [0.29, 0.717) is 10.0 Å². The average Bonchev–Trinajstić information content (AvgIpc) is 3.46. The van der Waals surface area contributed by atoms with Crippen molar-refractivity contribution in [3.8, 4) is 11.3 Å². The van der Waals surface area contributed by atoms with Crippen molar-refractivity contribution in [1.82, 2.24) is 14.6 Å². The lowest BCUT2D eigenvalue weighted by molar-refractivity contribution is 0.0478. The van der Waals surface area contributed by atoms with Gasteiger partial charge in [0.25, 0.3) is 0 Å². The van der Waals surface area contributed by atoms with E-state index < -0.39 is 5.97 Å². The summed E-state index contributed by atoms with van der Waals surface area (Å²) in [6.07, 6.45) is 4.33. The molecule has 5 nitrogen and oxygen atoms in total. The Kier molecular flexibility index (Phi) is 6.19. The maximum atomic E-state index is 12.9. The van der Waals surface area contributed by atoms with Crippen LogP contribution < -0.4 is 0 Å². The number of carbonyl (C=O) groups excluding carboxylic acids is 1. The van der Waals surface area contributed by atoms with E-state index in [1.54, 1.807) is 10.7 Å². The van der Waals surface area contributed by atoms with Crippen molar-refractivity contribution in [2.45, 2.75) is 12.3 Å². The molecule has 0 spiro atoms. The molecule has 0 amide bonds. The molecule has 5 rings (SSSR count). The first-order valence-corrected chi connectivity index (χ1v) is 11.7. The second kappa shape index (κ2) is 9.57. The number of fused-ring (bicyclic) bond motifs is 1. The maximum absolute atomic E-state index is 12.9. The number of hydrogen-bond donors (Lipinski definition) is 0. The summed E-state index contributed by atoms with van der Waals surface area (Å²) in [6.45, 7) is 0.251. The minimum atomic E-state index is -0.474. The van der Waals surface area contributed by atoms with Crippen molar-refractivity contribution in [3.05, 3.63) is 112 Å². The van der Waals surface area contributed by atoms with E-state index in [-0.39, 0.29) is 17.5 Å². The molecular formula is C26H20ClN3O2S. The lowest BCUT2D eigenvalue weighted by Gasteiger charge is -2.17. The zero-order valence-electron chi connectivity index (χ0n) is 17.6. The fourth-order valence-corrected chi connectivity index (χ4v) is 4.87. The Morgan fingerprint density at radius 1 is 1.00 bits per heavy atom. The topological polar surface area (TPSA) is 56.5 Å². The summed E-state index contributed by atoms with van der Waals surface area (Å²) in [5.74, 6) is -0.439. The number of ether oxygens (including phenoxy) is 1. The summed E-state index contributed by atoms with van der Waals surface area (Å²) in [7, 11) is 0. The number of benzene rings is 2. The number of thiazole rings is 1. The second-order valence-corrected chi connectivity index (χ2v) is 9.23. The first-order chi connectivity index (χ1) is 16.2. The van der Waals surface area contributed by atoms with Crippen LogP contribution in [0.4, 0.5) is 0 Å². The summed E-state index contributed by atoms with van der Waals surface area (Å²) in [6, 6.07) is 26.0. The molecule has 0 fully saturated rings. The highest BCUT2D eigenvalue weighted by Gasteiger charge is 2.22. The molecule has 0 saturated carbocycles. The quantitative estimate of drug-likeness (QED) is 0.260. The summed E-state index contributed by atoms with van der Waals surface area (Å²) < 4.78 is 7.90. The number of hydrogen-bond acceptors (Lipinski definition) is 5. The van der Waals surface area contributed by atoms with Gasteiger partial charge in [-0.1, -0.05) is 89.7 Å². The predicted molar refractivity (Wildman–Crippen MR) is 131 cm³/mol. The van der Waals surface area contributed by atoms with Gasteiger partial charge in [0.1, 0.15) is 10.0 Å². The minimum absolute atomic E-state index is 0.0343. The number of carbonyl (C=O) groups is 1. The van der Waals surface area contributed by atoms with Crippen LogP contribution in [0.1, 0.15) is 26.8 Å². The number of esters is 1. The van der Waals surface area contributed by atoms with Gasteiger partial charge in [0, 0.05) is 17.7 Å². The maximum Gasteiger partial charge on any atom is 0.367 e. The van der Waals surface area contributed by atoms with Gasteiger partial charge >= 0.3 is 5.97 Å². The molecule has 164 valence electrons. The molecule has 0 aliphatic heterocycles. The average molecular weight is 474 g/mol. The van der Waals surface area contributed by atoms with Gasteiger partial charge in [0.2, 0.25) is 5.01 Å². The Hall–Kier alpha value is -3.48. The molecule has 0 N–H and O–H groups in total. The summed E-state index contributed by atoms with van der Waals surface area (Å²) in [5.41, 5.74) is 4.51. The van der Waals surface area contributed by atoms with Crippen LogP contribution in [0.3, 0.4) is 0 Å². The van der Waals surface area contributed by atoms with Crippen LogP contribution >= 0.6 is 22.9 Å². The van der Waals surface area contributed by atoms with E-state index >= 15 is 0 Å². The van der Waals surface area contributed by atoms with Crippen LogP contribution in [0.5, 0.6) is 0 Å². The fraction of sp³-hybridized carbons (Fsp3) is 0.115. The smallest absolute Gasteiger partial charge is 0.367 e. The van der Waals surface area contributed by atoms with Crippen LogP contribution in [-0.2, 0) is 11.2 Å². The first kappa shape index (κ1) is 21.4. The number of pyridine rings is 1. The molecule has 0 aliphatic rings. The highest BCUT2D eigenvalue weighted by Crippen LogP contribution is 2.35. The van der Waals surface area contributed by atoms with Crippen molar-refractivity contribution >= 4 is 34.4 Å². The van der Waals surface area contributed by atoms with Crippen molar-refractivity contribution in [1.29, 1.82) is 0 Å². The molecular weight excluding hydrogens is 454 g/mol. The standard InChI is InChI=1S/C26H20ClN3O2S/c27-24-23(21-16-28-30-14-8-7-13-22(21)30)29-25(33-24)26(31)32-17-20(19-11-5-2-6-12-19)15-18-9-3-1-4-10-18/h1-14,16,20H,15,17H2/t20-/m1/s1. The van der Waals surface area contributed by atoms with E-state index in [9.17, 15) is 4.79 Å². The lowest BCUT2D eigenvalue weighted by atomic mass is 9.93. The van der Waals surface area contributed by atoms with Crippen LogP contribution in [0.2, 0.25) is 4.34 Å². The monoisotopic (exact) mass is 473 g/mol. The van der Waals surface area contributed by atoms with E-state index in [1.807, 2.05) is 60.8 Å². The van der Waals surface area contributed by atoms with Crippen molar-refractivity contribution in [2.24, 2.45) is 0 Å². The lowest BCUT2D eigenvalue weighted by Crippen LogP contribution is -2.15. The summed E-state index contributed by atoms with van der Waals surface area (Å²) in [4.78, 5) is 17.4. The van der Waals surface area contributed by atoms with Gasteiger partial charge in [-0.2, -0.15) is 5.10 Å². The number of rotatable bonds is 7. The summed E-state index contributed by atoms with van der Waals surface area (Å²) in [5, 5.41) is 4.56. The van der Waals surface area contributed by atoms with Gasteiger partial charge < -0.3 is 4.74 Å². The second-order valence-electron chi connectivity index (χ2n) is 7.63. The van der Waals surface area contributed by atoms with Crippen molar-refractivity contribution in [2.75, 3.05) is 6.61 Å². The molecule has 2 aromatic carbocycles. The Bertz CT molecular complexity index is 1380. The van der Waals surface area contributed by atoms with Gasteiger partial charge in [-0.05, 0) is 29.7 Å². The zero-order valence-corrected chi connectivity index (χ0v) is 19.2. The van der Waals surface area contributed by atoms with E-state index in [1.165, 1.54) is 5.56 Å². The molecule has 3 heterocycles. The Morgan fingerprint density at radius 2 is 1.73 bits per heavy atom. The van der Waals surface area contributed by atoms with E-state index in [0.717, 1.165) is 34.4 Å². The van der Waals surface area contributed by atoms with Gasteiger partial charge in [-0.25, -0.2) is 14.3 Å². The third kappa shape index (κ3) is 4.67. The number of halogens is 1. The molecule has 0 aliphatic carbocycles. The first-order valence-electron chi connectivity index (χ1n) is 10.5. The highest BCUT2D eigenvalue weighted by molar-refractivity contribution is 7.18. The molecule has 0 unspecified atom stereocenters. The third-order valence-corrected chi connectivity index (χ3v) is 6.69. The molecule has 1 atom stereocenters. The van der Waals surface area contributed by atoms with Gasteiger partial charge in [-0.3, -0.25) is 0 Å². The van der Waals surface area contributed by atoms with Crippen LogP contribution in [0.25, 0.3) is 16.8 Å². The SMILES string of the molecule is O=C(OC[C@@H](Cc1ccccc1)c1ccccc1)c1nc(-c2cnn3ccccc23)c(Cl)s1. The fourth-order valence-electron chi connectivity index (χ4n) is 3.81. The van der Waals surface area contributed by atoms with Crippen LogP contribution in [0.15, 0.2) is 91.3 Å². The molecule has 3 aromatic heterocycles. The Balaban J connectivity index is 1.35. The normalized spacial score (nSPS) is 12.0. The van der Waals surface area contributed by atoms with E-state index in [4.69, 9.17) is 16.3 Å². The third-order valence-electron chi connectivity index (χ3n) is 5.45. The Morgan fingerprint density at radius 3 is 2.52 bits per heavy atom. The zero-order chi connectivity index (χ0) is 22.6. The van der Waals surface area contributed by atoms with Crippen molar-refractivity contribution < 1.29 is 9.53 Å². The molecule has 7 heteroatoms. The van der Waals surface area contributed by atoms with Gasteiger partial charge in [-0.15, -0.1) is 0 Å². The highest BCUT2D eigenvalue weighted by atomic mass is 35.5.